The summed E-state index contributed by atoms with van der Waals surface area (Å²) in [6.07, 6.45) is 0.219. The minimum absolute atomic E-state index is 0.0409. The van der Waals surface area contributed by atoms with Crippen LogP contribution < -0.4 is 27.4 Å². The number of carbonyl (C=O) groups is 3. The molecule has 3 aromatic heterocycles. The number of hydrogen-bond donors (Lipinski definition) is 8. The Hall–Kier alpha value is -4.27. The number of rotatable bonds is 8. The van der Waals surface area contributed by atoms with Crippen molar-refractivity contribution < 1.29 is 14.4 Å². The quantitative estimate of drug-likeness (QED) is 0.172. The number of aromatic nitrogens is 5. The zero-order chi connectivity index (χ0) is 23.4. The third kappa shape index (κ3) is 4.89. The van der Waals surface area contributed by atoms with Crippen LogP contribution in [0.4, 0.5) is 16.8 Å². The van der Waals surface area contributed by atoms with Crippen molar-refractivity contribution in [2.24, 2.45) is 5.73 Å². The molecule has 3 heterocycles. The van der Waals surface area contributed by atoms with E-state index in [9.17, 15) is 14.4 Å². The van der Waals surface area contributed by atoms with Crippen LogP contribution in [-0.4, -0.2) is 55.5 Å². The summed E-state index contributed by atoms with van der Waals surface area (Å²) in [4.78, 5) is 41.0. The Kier molecular flexibility index (Phi) is 6.48. The van der Waals surface area contributed by atoms with Crippen molar-refractivity contribution in [3.05, 3.63) is 33.6 Å². The molecule has 3 aromatic rings. The number of H-pyrrole nitrogens is 2. The first-order valence-corrected chi connectivity index (χ1v) is 10.1. The smallest absolute Gasteiger partial charge is 0.276 e. The monoisotopic (exact) mass is 459 g/mol. The van der Waals surface area contributed by atoms with E-state index in [1.807, 2.05) is 0 Å². The molecule has 3 rings (SSSR count). The minimum Gasteiger partial charge on any atom is -0.388 e. The first-order chi connectivity index (χ1) is 15.2. The molecule has 0 bridgehead atoms. The van der Waals surface area contributed by atoms with Gasteiger partial charge in [0.1, 0.15) is 17.1 Å². The van der Waals surface area contributed by atoms with Gasteiger partial charge in [-0.2, -0.15) is 10.2 Å². The van der Waals surface area contributed by atoms with Crippen LogP contribution in [0, 0.1) is 19.3 Å². The highest BCUT2D eigenvalue weighted by atomic mass is 32.1. The molecular weight excluding hydrogens is 438 g/mol. The van der Waals surface area contributed by atoms with Gasteiger partial charge in [0.15, 0.2) is 16.8 Å². The molecule has 3 amide bonds. The lowest BCUT2D eigenvalue weighted by molar-refractivity contribution is 0.0947. The molecule has 32 heavy (non-hydrogen) atoms. The van der Waals surface area contributed by atoms with Gasteiger partial charge in [0.05, 0.1) is 5.84 Å². The molecule has 0 atom stereocenters. The van der Waals surface area contributed by atoms with Crippen LogP contribution >= 0.6 is 11.3 Å². The molecular formula is C17H21N11O3S. The predicted molar refractivity (Wildman–Crippen MR) is 118 cm³/mol. The number of thiazole rings is 1. The predicted octanol–water partition coefficient (Wildman–Crippen LogP) is 0.349. The number of anilines is 3. The summed E-state index contributed by atoms with van der Waals surface area (Å²) in [6.45, 7) is 3.42. The molecule has 0 saturated heterocycles. The number of carbonyl (C=O) groups excluding carboxylic acids is 3. The second kappa shape index (κ2) is 9.25. The van der Waals surface area contributed by atoms with E-state index < -0.39 is 17.7 Å². The Morgan fingerprint density at radius 1 is 1.03 bits per heavy atom. The van der Waals surface area contributed by atoms with Crippen molar-refractivity contribution in [1.29, 1.82) is 5.41 Å². The maximum Gasteiger partial charge on any atom is 0.276 e. The van der Waals surface area contributed by atoms with Gasteiger partial charge in [-0.1, -0.05) is 0 Å². The summed E-state index contributed by atoms with van der Waals surface area (Å²) in [5.74, 6) is -1.24. The number of amidine groups is 1. The molecule has 0 aliphatic carbocycles. The summed E-state index contributed by atoms with van der Waals surface area (Å²) in [6, 6.07) is 0. The van der Waals surface area contributed by atoms with Crippen LogP contribution in [0.3, 0.4) is 0 Å². The number of amides is 3. The van der Waals surface area contributed by atoms with Gasteiger partial charge < -0.3 is 27.4 Å². The van der Waals surface area contributed by atoms with E-state index in [2.05, 4.69) is 41.3 Å². The number of nitrogens with two attached hydrogens (primary N) is 2. The number of nitrogen functional groups attached to an aromatic ring is 1. The second-order valence-corrected chi connectivity index (χ2v) is 7.54. The van der Waals surface area contributed by atoms with E-state index in [0.717, 1.165) is 11.3 Å². The van der Waals surface area contributed by atoms with E-state index in [1.165, 1.54) is 5.38 Å². The van der Waals surface area contributed by atoms with E-state index >= 15 is 0 Å². The second-order valence-electron chi connectivity index (χ2n) is 6.65. The number of nitrogens with zero attached hydrogens (tertiary/aromatic N) is 3. The van der Waals surface area contributed by atoms with Crippen LogP contribution in [-0.2, 0) is 0 Å². The standard InChI is InChI=1S/C17H21N11O3S/c1-6-10(15(30)21-4-3-9(18)19)25-28-13(6)24-16(31)11-7(2)12(27-26-11)23-14(29)8-5-32-17(20)22-8/h5H,3-4H2,1-2H3,(H3,18,19)(H2,20,22)(H,21,30)(H2,23,26,27,29)(H2,24,25,28,31). The third-order valence-electron chi connectivity index (χ3n) is 4.37. The van der Waals surface area contributed by atoms with Gasteiger partial charge in [0, 0.05) is 29.5 Å². The summed E-state index contributed by atoms with van der Waals surface area (Å²) in [7, 11) is 0. The highest BCUT2D eigenvalue weighted by Gasteiger charge is 2.22. The van der Waals surface area contributed by atoms with Crippen LogP contribution in [0.2, 0.25) is 0 Å². The summed E-state index contributed by atoms with van der Waals surface area (Å²) < 4.78 is 0. The summed E-state index contributed by atoms with van der Waals surface area (Å²) in [5, 5.41) is 29.8. The Balaban J connectivity index is 1.66. The van der Waals surface area contributed by atoms with Gasteiger partial charge in [0.2, 0.25) is 0 Å². The maximum atomic E-state index is 12.7. The van der Waals surface area contributed by atoms with Gasteiger partial charge in [-0.25, -0.2) is 4.98 Å². The topological polar surface area (TPSA) is 233 Å². The molecule has 14 nitrogen and oxygen atoms in total. The maximum absolute atomic E-state index is 12.7. The number of aromatic amines is 2. The zero-order valence-electron chi connectivity index (χ0n) is 17.1. The highest BCUT2D eigenvalue weighted by Crippen LogP contribution is 2.20. The highest BCUT2D eigenvalue weighted by molar-refractivity contribution is 7.13. The molecule has 0 aliphatic rings. The minimum atomic E-state index is -0.563. The van der Waals surface area contributed by atoms with E-state index in [-0.39, 0.29) is 52.7 Å². The van der Waals surface area contributed by atoms with Gasteiger partial charge in [-0.05, 0) is 13.8 Å². The van der Waals surface area contributed by atoms with Crippen LogP contribution in [0.15, 0.2) is 5.38 Å². The van der Waals surface area contributed by atoms with Crippen molar-refractivity contribution in [3.8, 4) is 0 Å². The van der Waals surface area contributed by atoms with Crippen LogP contribution in [0.25, 0.3) is 0 Å². The molecule has 0 unspecified atom stereocenters. The van der Waals surface area contributed by atoms with E-state index in [0.29, 0.717) is 11.1 Å². The SMILES string of the molecule is Cc1c(NC(=O)c2csc(N)n2)n[nH]c1C(=O)Nc1n[nH]c(C(=O)NCCC(=N)N)c1C. The first kappa shape index (κ1) is 22.4. The van der Waals surface area contributed by atoms with E-state index in [4.69, 9.17) is 16.9 Å². The molecule has 168 valence electrons. The molecule has 0 radical (unpaired) electrons. The van der Waals surface area contributed by atoms with Crippen molar-refractivity contribution in [2.45, 2.75) is 20.3 Å². The van der Waals surface area contributed by atoms with Gasteiger partial charge in [0.25, 0.3) is 17.7 Å². The van der Waals surface area contributed by atoms with Gasteiger partial charge in [-0.3, -0.25) is 30.0 Å². The molecule has 0 aromatic carbocycles. The number of nitrogens with one attached hydrogen (secondary N) is 6. The Bertz CT molecular complexity index is 1190. The van der Waals surface area contributed by atoms with Crippen molar-refractivity contribution >= 4 is 51.7 Å². The molecule has 0 aliphatic heterocycles. The van der Waals surface area contributed by atoms with Gasteiger partial charge in [-0.15, -0.1) is 11.3 Å². The zero-order valence-corrected chi connectivity index (χ0v) is 17.9. The van der Waals surface area contributed by atoms with Crippen LogP contribution in [0.5, 0.6) is 0 Å². The molecule has 15 heteroatoms. The lowest BCUT2D eigenvalue weighted by atomic mass is 10.2. The summed E-state index contributed by atoms with van der Waals surface area (Å²) in [5.41, 5.74) is 12.0. The fraction of sp³-hybridized carbons (Fsp3) is 0.235. The average Bonchev–Trinajstić information content (AvgIpc) is 3.42. The van der Waals surface area contributed by atoms with Crippen LogP contribution in [0.1, 0.15) is 49.0 Å². The summed E-state index contributed by atoms with van der Waals surface area (Å²) >= 11 is 1.13. The number of hydrogen-bond acceptors (Lipinski definition) is 9. The Labute approximate surface area is 185 Å². The Morgan fingerprint density at radius 3 is 2.12 bits per heavy atom. The normalized spacial score (nSPS) is 10.6. The molecule has 10 N–H and O–H groups in total. The largest absolute Gasteiger partial charge is 0.388 e. The van der Waals surface area contributed by atoms with Crippen molar-refractivity contribution in [1.82, 2.24) is 30.7 Å². The van der Waals surface area contributed by atoms with Gasteiger partial charge >= 0.3 is 0 Å². The first-order valence-electron chi connectivity index (χ1n) is 9.22. The third-order valence-corrected chi connectivity index (χ3v) is 5.05. The van der Waals surface area contributed by atoms with Crippen molar-refractivity contribution in [2.75, 3.05) is 22.9 Å². The molecule has 0 fully saturated rings. The fourth-order valence-corrected chi connectivity index (χ4v) is 3.16. The lowest BCUT2D eigenvalue weighted by Gasteiger charge is -2.05. The van der Waals surface area contributed by atoms with Crippen molar-refractivity contribution in [3.63, 3.8) is 0 Å². The molecule has 0 spiro atoms. The van der Waals surface area contributed by atoms with E-state index in [1.54, 1.807) is 13.8 Å². The lowest BCUT2D eigenvalue weighted by Crippen LogP contribution is -2.28. The molecule has 0 saturated carbocycles. The average molecular weight is 459 g/mol. The fourth-order valence-electron chi connectivity index (χ4n) is 2.61. The Morgan fingerprint density at radius 2 is 1.59 bits per heavy atom.